The zero-order valence-electron chi connectivity index (χ0n) is 25.1. The van der Waals surface area contributed by atoms with E-state index in [0.717, 1.165) is 17.4 Å². The lowest BCUT2D eigenvalue weighted by Gasteiger charge is -2.55. The van der Waals surface area contributed by atoms with Crippen LogP contribution in [0.2, 0.25) is 0 Å². The molecule has 1 aromatic heterocycles. The molecule has 3 N–H and O–H groups in total. The Labute approximate surface area is 247 Å². The number of rotatable bonds is 16. The van der Waals surface area contributed by atoms with Crippen molar-refractivity contribution in [3.8, 4) is 0 Å². The van der Waals surface area contributed by atoms with Crippen LogP contribution in [0.5, 0.6) is 0 Å². The fourth-order valence-corrected chi connectivity index (χ4v) is 7.07. The molecule has 238 valence electrons. The molecule has 1 aromatic rings. The molecular weight excluding hydrogens is 567 g/mol. The number of esters is 1. The Bertz CT molecular complexity index is 1200. The summed E-state index contributed by atoms with van der Waals surface area (Å²) in [5.41, 5.74) is -0.917. The van der Waals surface area contributed by atoms with E-state index in [2.05, 4.69) is 16.4 Å². The minimum absolute atomic E-state index is 0.0743. The molecule has 0 aromatic carbocycles. The van der Waals surface area contributed by atoms with Crippen molar-refractivity contribution < 1.29 is 42.1 Å². The highest BCUT2D eigenvalue weighted by Crippen LogP contribution is 2.39. The zero-order valence-corrected chi connectivity index (χ0v) is 26.0. The van der Waals surface area contributed by atoms with Crippen LogP contribution in [0.3, 0.4) is 0 Å². The summed E-state index contributed by atoms with van der Waals surface area (Å²) >= 11 is 0. The summed E-state index contributed by atoms with van der Waals surface area (Å²) in [6, 6.07) is 0. The maximum atomic E-state index is 12.8. The van der Waals surface area contributed by atoms with Gasteiger partial charge in [0.1, 0.15) is 57.7 Å². The number of aromatic amines is 1. The predicted octanol–water partition coefficient (Wildman–Crippen LogP) is 1.96. The van der Waals surface area contributed by atoms with E-state index < -0.39 is 50.1 Å². The van der Waals surface area contributed by atoms with Crippen molar-refractivity contribution in [1.29, 1.82) is 0 Å². The SMILES string of the molecule is CCCCCCC[N+]12CC[N+](CCCCC(=O)O[C@H]3C[C@H](n4cc(C)c(=O)[nH]c4=O)O[C@@H]3COP(=O)(O)O)(CC1)CC2. The molecule has 3 atom stereocenters. The van der Waals surface area contributed by atoms with Crippen molar-refractivity contribution in [3.05, 3.63) is 32.6 Å². The molecule has 2 bridgehead atoms. The molecule has 4 aliphatic rings. The summed E-state index contributed by atoms with van der Waals surface area (Å²) in [6.07, 6.45) is 7.16. The molecule has 0 unspecified atom stereocenters. The fourth-order valence-electron chi connectivity index (χ4n) is 6.73. The molecule has 13 nitrogen and oxygen atoms in total. The second-order valence-electron chi connectivity index (χ2n) is 12.5. The van der Waals surface area contributed by atoms with Gasteiger partial charge in [-0.05, 0) is 32.6 Å². The number of phosphoric acid groups is 1. The van der Waals surface area contributed by atoms with E-state index in [4.69, 9.17) is 19.3 Å². The van der Waals surface area contributed by atoms with Crippen LogP contribution in [0, 0.1) is 6.92 Å². The van der Waals surface area contributed by atoms with Gasteiger partial charge in [0.05, 0.1) is 19.7 Å². The number of unbranched alkanes of at least 4 members (excludes halogenated alkanes) is 5. The lowest BCUT2D eigenvalue weighted by atomic mass is 10.0. The largest absolute Gasteiger partial charge is 0.469 e. The van der Waals surface area contributed by atoms with Gasteiger partial charge in [0.25, 0.3) is 5.56 Å². The molecule has 0 spiro atoms. The molecule has 4 saturated heterocycles. The van der Waals surface area contributed by atoms with E-state index in [1.807, 2.05) is 0 Å². The number of hydrogen-bond acceptors (Lipinski definition) is 7. The maximum absolute atomic E-state index is 12.8. The maximum Gasteiger partial charge on any atom is 0.469 e. The van der Waals surface area contributed by atoms with Crippen LogP contribution in [0.1, 0.15) is 76.5 Å². The number of H-pyrrole nitrogens is 1. The summed E-state index contributed by atoms with van der Waals surface area (Å²) in [4.78, 5) is 57.4. The van der Waals surface area contributed by atoms with Crippen molar-refractivity contribution in [1.82, 2.24) is 9.55 Å². The summed E-state index contributed by atoms with van der Waals surface area (Å²) in [6.45, 7) is 13.1. The van der Waals surface area contributed by atoms with E-state index >= 15 is 0 Å². The van der Waals surface area contributed by atoms with Gasteiger partial charge in [0.15, 0.2) is 0 Å². The van der Waals surface area contributed by atoms with E-state index in [1.54, 1.807) is 6.92 Å². The number of quaternary nitrogens is 2. The van der Waals surface area contributed by atoms with Crippen molar-refractivity contribution in [2.75, 3.05) is 59.0 Å². The van der Waals surface area contributed by atoms with Gasteiger partial charge in [0, 0.05) is 24.6 Å². The van der Waals surface area contributed by atoms with Crippen LogP contribution in [-0.4, -0.2) is 105 Å². The normalized spacial score (nSPS) is 29.2. The fraction of sp³-hybridized carbons (Fsp3) is 0.821. The van der Waals surface area contributed by atoms with E-state index in [1.165, 1.54) is 93.2 Å². The first-order chi connectivity index (χ1) is 19.9. The summed E-state index contributed by atoms with van der Waals surface area (Å²) < 4.78 is 31.0. The first kappa shape index (κ1) is 33.0. The summed E-state index contributed by atoms with van der Waals surface area (Å²) in [7, 11) is -4.79. The number of carbonyl (C=O) groups excluding carboxylic acids is 1. The number of ether oxygens (including phenoxy) is 2. The Morgan fingerprint density at radius 3 is 2.21 bits per heavy atom. The molecule has 0 aliphatic carbocycles. The minimum Gasteiger partial charge on any atom is -0.459 e. The standard InChI is InChI=1S/C28H47N4O9P/c1-3-4-5-6-8-11-31-13-16-32(17-14-31,18-15-31)12-9-7-10-26(33)41-23-19-25(40-24(23)21-39-42(36,37)38)30-20-22(2)27(34)29-28(30)35/h20,23-25H,3-19,21H2,1-2H3,(H-2,29,34,35,36,37,38)/p+2/t23-,24+,25+,31?,32?/m0/s1. The van der Waals surface area contributed by atoms with Gasteiger partial charge in [-0.1, -0.05) is 26.2 Å². The van der Waals surface area contributed by atoms with Crippen LogP contribution in [-0.2, 0) is 23.4 Å². The highest BCUT2D eigenvalue weighted by Gasteiger charge is 2.48. The lowest BCUT2D eigenvalue weighted by molar-refractivity contribution is -1.08. The number of carbonyl (C=O) groups is 1. The third-order valence-corrected chi connectivity index (χ3v) is 9.96. The van der Waals surface area contributed by atoms with Gasteiger partial charge in [-0.3, -0.25) is 23.7 Å². The first-order valence-electron chi connectivity index (χ1n) is 15.5. The molecular formula is C28H49N4O9P+2. The molecule has 42 heavy (non-hydrogen) atoms. The summed E-state index contributed by atoms with van der Waals surface area (Å²) in [5.74, 6) is -0.425. The smallest absolute Gasteiger partial charge is 0.459 e. The Morgan fingerprint density at radius 2 is 1.62 bits per heavy atom. The van der Waals surface area contributed by atoms with Gasteiger partial charge in [0.2, 0.25) is 0 Å². The quantitative estimate of drug-likeness (QED) is 0.109. The number of fused-ring (bicyclic) bond motifs is 3. The number of hydrogen-bond donors (Lipinski definition) is 3. The Hall–Kier alpha value is -1.86. The Kier molecular flexibility index (Phi) is 11.2. The van der Waals surface area contributed by atoms with Crippen molar-refractivity contribution >= 4 is 13.8 Å². The average Bonchev–Trinajstić information content (AvgIpc) is 3.34. The third kappa shape index (κ3) is 8.84. The van der Waals surface area contributed by atoms with Gasteiger partial charge < -0.3 is 28.2 Å². The van der Waals surface area contributed by atoms with Crippen LogP contribution >= 0.6 is 7.82 Å². The predicted molar refractivity (Wildman–Crippen MR) is 155 cm³/mol. The van der Waals surface area contributed by atoms with Gasteiger partial charge in [-0.15, -0.1) is 0 Å². The monoisotopic (exact) mass is 616 g/mol. The Balaban J connectivity index is 1.23. The topological polar surface area (TPSA) is 157 Å². The van der Waals surface area contributed by atoms with Crippen LogP contribution in [0.15, 0.2) is 15.8 Å². The van der Waals surface area contributed by atoms with E-state index in [9.17, 15) is 18.9 Å². The summed E-state index contributed by atoms with van der Waals surface area (Å²) in [5, 5.41) is 0. The van der Waals surface area contributed by atoms with E-state index in [-0.39, 0.29) is 12.8 Å². The molecule has 0 saturated carbocycles. The lowest BCUT2D eigenvalue weighted by Crippen LogP contribution is -2.75. The van der Waals surface area contributed by atoms with Crippen molar-refractivity contribution in [3.63, 3.8) is 0 Å². The minimum atomic E-state index is -4.79. The number of nitrogens with one attached hydrogen (secondary N) is 1. The molecule has 4 aliphatic heterocycles. The van der Waals surface area contributed by atoms with Crippen LogP contribution in [0.4, 0.5) is 0 Å². The zero-order chi connectivity index (χ0) is 30.4. The third-order valence-electron chi connectivity index (χ3n) is 9.47. The second kappa shape index (κ2) is 14.3. The first-order valence-corrected chi connectivity index (χ1v) is 17.0. The number of nitrogens with zero attached hydrogens (tertiary/aromatic N) is 3. The molecule has 0 radical (unpaired) electrons. The van der Waals surface area contributed by atoms with Crippen molar-refractivity contribution in [2.45, 2.75) is 90.1 Å². The van der Waals surface area contributed by atoms with Gasteiger partial charge in [-0.2, -0.15) is 0 Å². The Morgan fingerprint density at radius 1 is 1.02 bits per heavy atom. The number of piperazine rings is 3. The highest BCUT2D eigenvalue weighted by molar-refractivity contribution is 7.46. The highest BCUT2D eigenvalue weighted by atomic mass is 31.2. The number of phosphoric ester groups is 1. The van der Waals surface area contributed by atoms with E-state index in [0.29, 0.717) is 12.0 Å². The average molecular weight is 617 g/mol. The molecule has 4 fully saturated rings. The number of aryl methyl sites for hydroxylation is 1. The van der Waals surface area contributed by atoms with Gasteiger partial charge in [-0.25, -0.2) is 9.36 Å². The molecule has 0 amide bonds. The van der Waals surface area contributed by atoms with Gasteiger partial charge >= 0.3 is 19.5 Å². The molecule has 5 rings (SSSR count). The number of aromatic nitrogens is 2. The van der Waals surface area contributed by atoms with Crippen molar-refractivity contribution in [2.24, 2.45) is 0 Å². The molecule has 5 heterocycles. The molecule has 14 heteroatoms. The van der Waals surface area contributed by atoms with Crippen LogP contribution < -0.4 is 11.2 Å². The second-order valence-corrected chi connectivity index (χ2v) is 13.7. The van der Waals surface area contributed by atoms with Crippen LogP contribution in [0.25, 0.3) is 0 Å².